The van der Waals surface area contributed by atoms with Gasteiger partial charge in [-0.1, -0.05) is 56.3 Å². The van der Waals surface area contributed by atoms with Gasteiger partial charge in [0.2, 0.25) is 11.8 Å². The molecule has 27 heavy (non-hydrogen) atoms. The summed E-state index contributed by atoms with van der Waals surface area (Å²) in [5.41, 5.74) is 5.09. The first-order valence-electron chi connectivity index (χ1n) is 9.42. The van der Waals surface area contributed by atoms with Crippen molar-refractivity contribution in [2.45, 2.75) is 39.7 Å². The Balaban J connectivity index is 1.52. The summed E-state index contributed by atoms with van der Waals surface area (Å²) < 4.78 is 0. The van der Waals surface area contributed by atoms with Crippen molar-refractivity contribution in [1.82, 2.24) is 5.32 Å². The lowest BCUT2D eigenvalue weighted by molar-refractivity contribution is -0.119. The van der Waals surface area contributed by atoms with Crippen LogP contribution in [0.15, 0.2) is 60.2 Å². The number of nitrogens with one attached hydrogen (secondary N) is 2. The molecule has 1 atom stereocenters. The van der Waals surface area contributed by atoms with Crippen molar-refractivity contribution in [2.75, 3.05) is 5.32 Å². The van der Waals surface area contributed by atoms with Gasteiger partial charge in [-0.3, -0.25) is 9.59 Å². The Morgan fingerprint density at radius 3 is 2.26 bits per heavy atom. The topological polar surface area (TPSA) is 58.2 Å². The number of anilines is 1. The Morgan fingerprint density at radius 1 is 0.963 bits per heavy atom. The number of carbonyl (C=O) groups excluding carboxylic acids is 2. The molecule has 0 saturated heterocycles. The second-order valence-electron chi connectivity index (χ2n) is 7.42. The fourth-order valence-corrected chi connectivity index (χ4v) is 2.99. The molecule has 0 radical (unpaired) electrons. The van der Waals surface area contributed by atoms with Crippen LogP contribution >= 0.6 is 0 Å². The van der Waals surface area contributed by atoms with Gasteiger partial charge in [0.25, 0.3) is 0 Å². The Bertz CT molecular complexity index is 852. The quantitative estimate of drug-likeness (QED) is 0.776. The van der Waals surface area contributed by atoms with Gasteiger partial charge in [-0.2, -0.15) is 0 Å². The SMILES string of the molecule is CC(Cc1ccc(NC(=O)C(C)C)cc1)NC(=O)C1=C(c2ccccc2)C1. The highest BCUT2D eigenvalue weighted by molar-refractivity contribution is 6.10. The number of benzene rings is 2. The van der Waals surface area contributed by atoms with Crippen molar-refractivity contribution in [1.29, 1.82) is 0 Å². The molecule has 0 saturated carbocycles. The van der Waals surface area contributed by atoms with Crippen molar-refractivity contribution >= 4 is 23.1 Å². The molecule has 0 fully saturated rings. The monoisotopic (exact) mass is 362 g/mol. The van der Waals surface area contributed by atoms with Gasteiger partial charge in [-0.25, -0.2) is 0 Å². The van der Waals surface area contributed by atoms with E-state index in [0.717, 1.165) is 40.8 Å². The molecule has 2 amide bonds. The van der Waals surface area contributed by atoms with Crippen LogP contribution in [-0.2, 0) is 16.0 Å². The highest BCUT2D eigenvalue weighted by Gasteiger charge is 2.29. The number of carbonyl (C=O) groups is 2. The molecule has 1 aliphatic carbocycles. The Labute approximate surface area is 160 Å². The minimum atomic E-state index is -0.0441. The summed E-state index contributed by atoms with van der Waals surface area (Å²) >= 11 is 0. The van der Waals surface area contributed by atoms with E-state index in [9.17, 15) is 9.59 Å². The van der Waals surface area contributed by atoms with Crippen LogP contribution in [-0.4, -0.2) is 17.9 Å². The third kappa shape index (κ3) is 5.07. The van der Waals surface area contributed by atoms with Crippen LogP contribution in [0.4, 0.5) is 5.69 Å². The van der Waals surface area contributed by atoms with Crippen LogP contribution < -0.4 is 10.6 Å². The summed E-state index contributed by atoms with van der Waals surface area (Å²) in [7, 11) is 0. The molecule has 2 N–H and O–H groups in total. The Morgan fingerprint density at radius 2 is 1.63 bits per heavy atom. The summed E-state index contributed by atoms with van der Waals surface area (Å²) in [5, 5.41) is 5.97. The molecule has 1 unspecified atom stereocenters. The Kier molecular flexibility index (Phi) is 5.75. The van der Waals surface area contributed by atoms with Gasteiger partial charge in [0.15, 0.2) is 0 Å². The predicted molar refractivity (Wildman–Crippen MR) is 109 cm³/mol. The van der Waals surface area contributed by atoms with Crippen LogP contribution in [0.3, 0.4) is 0 Å². The second-order valence-corrected chi connectivity index (χ2v) is 7.42. The molecule has 0 spiro atoms. The van der Waals surface area contributed by atoms with E-state index >= 15 is 0 Å². The van der Waals surface area contributed by atoms with Gasteiger partial charge in [0.05, 0.1) is 0 Å². The van der Waals surface area contributed by atoms with E-state index in [4.69, 9.17) is 0 Å². The van der Waals surface area contributed by atoms with Crippen molar-refractivity contribution in [3.63, 3.8) is 0 Å². The lowest BCUT2D eigenvalue weighted by Crippen LogP contribution is -2.33. The first-order chi connectivity index (χ1) is 12.9. The minimum Gasteiger partial charge on any atom is -0.350 e. The highest BCUT2D eigenvalue weighted by Crippen LogP contribution is 2.39. The normalized spacial score (nSPS) is 14.1. The zero-order valence-corrected chi connectivity index (χ0v) is 16.1. The molecule has 2 aromatic rings. The molecule has 4 nitrogen and oxygen atoms in total. The molecule has 0 heterocycles. The van der Waals surface area contributed by atoms with Crippen molar-refractivity contribution in [3.05, 3.63) is 71.3 Å². The summed E-state index contributed by atoms with van der Waals surface area (Å²) in [6, 6.07) is 17.9. The molecular formula is C23H26N2O2. The maximum atomic E-state index is 12.4. The number of hydrogen-bond donors (Lipinski definition) is 2. The fourth-order valence-electron chi connectivity index (χ4n) is 2.99. The zero-order chi connectivity index (χ0) is 19.4. The number of amides is 2. The maximum absolute atomic E-state index is 12.4. The molecule has 140 valence electrons. The second kappa shape index (κ2) is 8.21. The number of hydrogen-bond acceptors (Lipinski definition) is 2. The van der Waals surface area contributed by atoms with E-state index in [0.29, 0.717) is 0 Å². The van der Waals surface area contributed by atoms with E-state index in [1.807, 2.05) is 75.4 Å². The summed E-state index contributed by atoms with van der Waals surface area (Å²) in [5.74, 6) is -0.00473. The van der Waals surface area contributed by atoms with Crippen LogP contribution in [0, 0.1) is 5.92 Å². The van der Waals surface area contributed by atoms with E-state index in [-0.39, 0.29) is 23.8 Å². The lowest BCUT2D eigenvalue weighted by atomic mass is 10.1. The average Bonchev–Trinajstić information content (AvgIpc) is 3.45. The molecule has 0 aromatic heterocycles. The van der Waals surface area contributed by atoms with E-state index in [1.165, 1.54) is 0 Å². The molecule has 1 aliphatic rings. The molecule has 0 bridgehead atoms. The van der Waals surface area contributed by atoms with Crippen LogP contribution in [0.1, 0.15) is 38.3 Å². The number of allylic oxidation sites excluding steroid dienone is 1. The molecule has 0 aliphatic heterocycles. The van der Waals surface area contributed by atoms with Crippen LogP contribution in [0.25, 0.3) is 5.57 Å². The van der Waals surface area contributed by atoms with Gasteiger partial charge in [0.1, 0.15) is 0 Å². The van der Waals surface area contributed by atoms with Crippen LogP contribution in [0.2, 0.25) is 0 Å². The van der Waals surface area contributed by atoms with Gasteiger partial charge in [0, 0.05) is 29.6 Å². The summed E-state index contributed by atoms with van der Waals surface area (Å²) in [4.78, 5) is 24.1. The molecule has 4 heteroatoms. The minimum absolute atomic E-state index is 0.00955. The molecule has 3 rings (SSSR count). The third-order valence-electron chi connectivity index (χ3n) is 4.65. The van der Waals surface area contributed by atoms with E-state index < -0.39 is 0 Å². The summed E-state index contributed by atoms with van der Waals surface area (Å²) in [6.45, 7) is 5.75. The first kappa shape index (κ1) is 18.9. The fraction of sp³-hybridized carbons (Fsp3) is 0.304. The van der Waals surface area contributed by atoms with Crippen molar-refractivity contribution in [3.8, 4) is 0 Å². The Hall–Kier alpha value is -2.88. The van der Waals surface area contributed by atoms with E-state index in [1.54, 1.807) is 0 Å². The molecular weight excluding hydrogens is 336 g/mol. The average molecular weight is 362 g/mol. The zero-order valence-electron chi connectivity index (χ0n) is 16.1. The predicted octanol–water partition coefficient (Wildman–Crippen LogP) is 4.19. The maximum Gasteiger partial charge on any atom is 0.248 e. The van der Waals surface area contributed by atoms with Gasteiger partial charge >= 0.3 is 0 Å². The third-order valence-corrected chi connectivity index (χ3v) is 4.65. The van der Waals surface area contributed by atoms with Crippen molar-refractivity contribution < 1.29 is 9.59 Å². The number of rotatable bonds is 7. The lowest BCUT2D eigenvalue weighted by Gasteiger charge is -2.14. The molecule has 2 aromatic carbocycles. The highest BCUT2D eigenvalue weighted by atomic mass is 16.2. The van der Waals surface area contributed by atoms with Gasteiger partial charge in [-0.15, -0.1) is 0 Å². The van der Waals surface area contributed by atoms with E-state index in [2.05, 4.69) is 10.6 Å². The first-order valence-corrected chi connectivity index (χ1v) is 9.42. The van der Waals surface area contributed by atoms with Gasteiger partial charge in [-0.05, 0) is 42.2 Å². The standard InChI is InChI=1S/C23H26N2O2/c1-15(2)22(26)25-19-11-9-17(10-12-19)13-16(3)24-23(27)21-14-20(21)18-7-5-4-6-8-18/h4-12,15-16H,13-14H2,1-3H3,(H,24,27)(H,25,26). The summed E-state index contributed by atoms with van der Waals surface area (Å²) in [6.07, 6.45) is 1.52. The largest absolute Gasteiger partial charge is 0.350 e. The van der Waals surface area contributed by atoms with Crippen molar-refractivity contribution in [2.24, 2.45) is 5.92 Å². The smallest absolute Gasteiger partial charge is 0.248 e. The van der Waals surface area contributed by atoms with Crippen LogP contribution in [0.5, 0.6) is 0 Å². The van der Waals surface area contributed by atoms with Gasteiger partial charge < -0.3 is 10.6 Å².